The van der Waals surface area contributed by atoms with Gasteiger partial charge < -0.3 is 0 Å². The van der Waals surface area contributed by atoms with Crippen molar-refractivity contribution in [1.82, 2.24) is 5.32 Å². The number of hydrogen-bond acceptors (Lipinski definition) is 2. The van der Waals surface area contributed by atoms with Gasteiger partial charge in [0.25, 0.3) is 0 Å². The van der Waals surface area contributed by atoms with Crippen molar-refractivity contribution in [2.45, 2.75) is 25.8 Å². The SMILES string of the molecule is CC(=NC1CCc2ccccc21)NC#N. The summed E-state index contributed by atoms with van der Waals surface area (Å²) in [6.07, 6.45) is 4.02. The minimum Gasteiger partial charge on any atom is -0.281 e. The highest BCUT2D eigenvalue weighted by atomic mass is 15.0. The van der Waals surface area contributed by atoms with E-state index in [2.05, 4.69) is 28.5 Å². The van der Waals surface area contributed by atoms with Crippen molar-refractivity contribution < 1.29 is 0 Å². The Labute approximate surface area is 89.5 Å². The largest absolute Gasteiger partial charge is 0.281 e. The van der Waals surface area contributed by atoms with Gasteiger partial charge in [0.2, 0.25) is 0 Å². The number of rotatable bonds is 1. The van der Waals surface area contributed by atoms with E-state index in [1.807, 2.05) is 19.2 Å². The Hall–Kier alpha value is -1.82. The van der Waals surface area contributed by atoms with Gasteiger partial charge in [-0.2, -0.15) is 5.26 Å². The summed E-state index contributed by atoms with van der Waals surface area (Å²) in [5, 5.41) is 11.0. The average Bonchev–Trinajstić information content (AvgIpc) is 2.62. The number of aliphatic imine (C=N–C) groups is 1. The fourth-order valence-electron chi connectivity index (χ4n) is 2.02. The molecule has 15 heavy (non-hydrogen) atoms. The van der Waals surface area contributed by atoms with Crippen LogP contribution in [-0.2, 0) is 6.42 Å². The summed E-state index contributed by atoms with van der Waals surface area (Å²) < 4.78 is 0. The second-order valence-corrected chi connectivity index (χ2v) is 3.70. The maximum Gasteiger partial charge on any atom is 0.182 e. The first-order valence-corrected chi connectivity index (χ1v) is 5.08. The van der Waals surface area contributed by atoms with Crippen molar-refractivity contribution in [3.05, 3.63) is 35.4 Å². The van der Waals surface area contributed by atoms with Gasteiger partial charge in [-0.15, -0.1) is 0 Å². The van der Waals surface area contributed by atoms with Crippen molar-refractivity contribution in [2.24, 2.45) is 4.99 Å². The van der Waals surface area contributed by atoms with Crippen molar-refractivity contribution >= 4 is 5.84 Å². The molecule has 76 valence electrons. The van der Waals surface area contributed by atoms with Crippen LogP contribution in [0.1, 0.15) is 30.5 Å². The van der Waals surface area contributed by atoms with E-state index in [1.54, 1.807) is 0 Å². The summed E-state index contributed by atoms with van der Waals surface area (Å²) in [5.74, 6) is 0.694. The van der Waals surface area contributed by atoms with Crippen LogP contribution >= 0.6 is 0 Å². The minimum absolute atomic E-state index is 0.224. The maximum absolute atomic E-state index is 8.46. The van der Waals surface area contributed by atoms with Gasteiger partial charge in [-0.25, -0.2) is 0 Å². The monoisotopic (exact) mass is 199 g/mol. The molecule has 3 nitrogen and oxygen atoms in total. The molecule has 0 fully saturated rings. The molecule has 0 bridgehead atoms. The van der Waals surface area contributed by atoms with E-state index in [0.717, 1.165) is 12.8 Å². The molecule has 0 aliphatic heterocycles. The molecule has 1 aromatic carbocycles. The molecule has 1 aliphatic rings. The minimum atomic E-state index is 0.224. The zero-order valence-electron chi connectivity index (χ0n) is 8.70. The van der Waals surface area contributed by atoms with Crippen molar-refractivity contribution in [3.63, 3.8) is 0 Å². The molecular formula is C12H13N3. The zero-order chi connectivity index (χ0) is 10.7. The molecule has 0 saturated carbocycles. The van der Waals surface area contributed by atoms with Crippen LogP contribution in [0.15, 0.2) is 29.3 Å². The van der Waals surface area contributed by atoms with Gasteiger partial charge in [0.15, 0.2) is 6.19 Å². The van der Waals surface area contributed by atoms with Crippen LogP contribution in [0, 0.1) is 11.5 Å². The van der Waals surface area contributed by atoms with E-state index in [1.165, 1.54) is 11.1 Å². The Morgan fingerprint density at radius 1 is 1.53 bits per heavy atom. The molecular weight excluding hydrogens is 186 g/mol. The van der Waals surface area contributed by atoms with Gasteiger partial charge in [0.1, 0.15) is 5.84 Å². The quantitative estimate of drug-likeness (QED) is 0.326. The third kappa shape index (κ3) is 1.99. The Kier molecular flexibility index (Phi) is 2.68. The Balaban J connectivity index is 2.22. The molecule has 2 rings (SSSR count). The number of hydrogen-bond donors (Lipinski definition) is 1. The maximum atomic E-state index is 8.46. The summed E-state index contributed by atoms with van der Waals surface area (Å²) in [7, 11) is 0. The van der Waals surface area contributed by atoms with E-state index in [4.69, 9.17) is 5.26 Å². The van der Waals surface area contributed by atoms with Crippen molar-refractivity contribution in [2.75, 3.05) is 0 Å². The topological polar surface area (TPSA) is 48.2 Å². The van der Waals surface area contributed by atoms with Crippen molar-refractivity contribution in [3.8, 4) is 6.19 Å². The van der Waals surface area contributed by atoms with Gasteiger partial charge in [0, 0.05) is 0 Å². The van der Waals surface area contributed by atoms with Crippen LogP contribution in [0.4, 0.5) is 0 Å². The second-order valence-electron chi connectivity index (χ2n) is 3.70. The number of fused-ring (bicyclic) bond motifs is 1. The summed E-state index contributed by atoms with van der Waals surface area (Å²) in [4.78, 5) is 4.49. The van der Waals surface area contributed by atoms with Gasteiger partial charge in [-0.05, 0) is 30.9 Å². The number of nitrogens with one attached hydrogen (secondary N) is 1. The highest BCUT2D eigenvalue weighted by molar-refractivity contribution is 5.81. The highest BCUT2D eigenvalue weighted by Crippen LogP contribution is 2.33. The first-order valence-electron chi connectivity index (χ1n) is 5.08. The second kappa shape index (κ2) is 4.14. The third-order valence-corrected chi connectivity index (χ3v) is 2.69. The van der Waals surface area contributed by atoms with Crippen LogP contribution in [0.2, 0.25) is 0 Å². The van der Waals surface area contributed by atoms with E-state index in [0.29, 0.717) is 5.84 Å². The van der Waals surface area contributed by atoms with Gasteiger partial charge >= 0.3 is 0 Å². The van der Waals surface area contributed by atoms with Crippen molar-refractivity contribution in [1.29, 1.82) is 5.26 Å². The lowest BCUT2D eigenvalue weighted by Crippen LogP contribution is -2.14. The molecule has 1 atom stereocenters. The molecule has 0 amide bonds. The molecule has 0 spiro atoms. The van der Waals surface area contributed by atoms with E-state index in [-0.39, 0.29) is 6.04 Å². The van der Waals surface area contributed by atoms with Gasteiger partial charge in [-0.1, -0.05) is 24.3 Å². The highest BCUT2D eigenvalue weighted by Gasteiger charge is 2.20. The van der Waals surface area contributed by atoms with E-state index >= 15 is 0 Å². The smallest absolute Gasteiger partial charge is 0.182 e. The standard InChI is InChI=1S/C12H13N3/c1-9(14-8-13)15-12-7-6-10-4-2-3-5-11(10)12/h2-5,12H,6-7H2,1H3,(H,14,15). The molecule has 0 radical (unpaired) electrons. The molecule has 0 saturated heterocycles. The fourth-order valence-corrected chi connectivity index (χ4v) is 2.02. The van der Waals surface area contributed by atoms with Crippen LogP contribution in [0.3, 0.4) is 0 Å². The molecule has 3 heteroatoms. The summed E-state index contributed by atoms with van der Waals surface area (Å²) in [6, 6.07) is 8.60. The first-order chi connectivity index (χ1) is 7.31. The molecule has 0 aromatic heterocycles. The summed E-state index contributed by atoms with van der Waals surface area (Å²) in [6.45, 7) is 1.82. The molecule has 1 N–H and O–H groups in total. The van der Waals surface area contributed by atoms with Gasteiger partial charge in [-0.3, -0.25) is 10.3 Å². The Morgan fingerprint density at radius 3 is 3.13 bits per heavy atom. The number of amidine groups is 1. The van der Waals surface area contributed by atoms with Crippen LogP contribution < -0.4 is 5.32 Å². The number of nitrogens with zero attached hydrogens (tertiary/aromatic N) is 2. The Bertz CT molecular complexity index is 429. The average molecular weight is 199 g/mol. The van der Waals surface area contributed by atoms with E-state index < -0.39 is 0 Å². The number of aryl methyl sites for hydroxylation is 1. The van der Waals surface area contributed by atoms with Crippen LogP contribution in [0.25, 0.3) is 0 Å². The van der Waals surface area contributed by atoms with Gasteiger partial charge in [0.05, 0.1) is 6.04 Å². The molecule has 1 unspecified atom stereocenters. The lowest BCUT2D eigenvalue weighted by molar-refractivity contribution is 0.712. The molecule has 1 aromatic rings. The number of benzene rings is 1. The predicted molar refractivity (Wildman–Crippen MR) is 59.4 cm³/mol. The fraction of sp³-hybridized carbons (Fsp3) is 0.333. The lowest BCUT2D eigenvalue weighted by atomic mass is 10.1. The number of nitriles is 1. The molecule has 1 aliphatic carbocycles. The zero-order valence-corrected chi connectivity index (χ0v) is 8.70. The first kappa shape index (κ1) is 9.72. The lowest BCUT2D eigenvalue weighted by Gasteiger charge is -2.06. The summed E-state index contributed by atoms with van der Waals surface area (Å²) >= 11 is 0. The van der Waals surface area contributed by atoms with Crippen LogP contribution in [-0.4, -0.2) is 5.84 Å². The predicted octanol–water partition coefficient (Wildman–Crippen LogP) is 2.16. The Morgan fingerprint density at radius 2 is 2.33 bits per heavy atom. The normalized spacial score (nSPS) is 19.5. The third-order valence-electron chi connectivity index (χ3n) is 2.69. The summed E-state index contributed by atoms with van der Waals surface area (Å²) in [5.41, 5.74) is 2.69. The van der Waals surface area contributed by atoms with E-state index in [9.17, 15) is 0 Å². The molecule has 0 heterocycles. The van der Waals surface area contributed by atoms with Crippen LogP contribution in [0.5, 0.6) is 0 Å².